The summed E-state index contributed by atoms with van der Waals surface area (Å²) >= 11 is 1.22. The molecule has 6 nitrogen and oxygen atoms in total. The lowest BCUT2D eigenvalue weighted by atomic mass is 10.1. The third kappa shape index (κ3) is 3.24. The summed E-state index contributed by atoms with van der Waals surface area (Å²) < 4.78 is 29.1. The molecule has 2 aromatic carbocycles. The molecule has 0 saturated heterocycles. The molecule has 1 aliphatic heterocycles. The van der Waals surface area contributed by atoms with E-state index < -0.39 is 22.9 Å². The first-order valence-corrected chi connectivity index (χ1v) is 9.27. The van der Waals surface area contributed by atoms with Crippen molar-refractivity contribution >= 4 is 29.5 Å². The second-order valence-electron chi connectivity index (χ2n) is 6.12. The van der Waals surface area contributed by atoms with Crippen molar-refractivity contribution in [2.24, 2.45) is 0 Å². The van der Waals surface area contributed by atoms with Crippen molar-refractivity contribution in [1.29, 1.82) is 0 Å². The number of nitrogens with zero attached hydrogens (tertiary/aromatic N) is 2. The number of hydrogen-bond donors (Lipinski definition) is 2. The Morgan fingerprint density at radius 1 is 1.18 bits per heavy atom. The quantitative estimate of drug-likeness (QED) is 0.700. The fourth-order valence-electron chi connectivity index (χ4n) is 3.01. The smallest absolute Gasteiger partial charge is 0.335 e. The standard InChI is InChI=1S/C19H13F2N3O3S/c20-11-3-6-13(15(21)7-11)17-14-8-22-24(18(14)23-16(25)9-28-17)12-4-1-10(2-5-12)19(26)27/h1-8,17H,9H2,(H,23,25)(H,26,27)/t17-/m0/s1. The third-order valence-electron chi connectivity index (χ3n) is 4.32. The maximum Gasteiger partial charge on any atom is 0.335 e. The lowest BCUT2D eigenvalue weighted by molar-refractivity contribution is -0.113. The van der Waals surface area contributed by atoms with E-state index >= 15 is 0 Å². The minimum atomic E-state index is -1.05. The van der Waals surface area contributed by atoms with Crippen LogP contribution >= 0.6 is 11.8 Å². The summed E-state index contributed by atoms with van der Waals surface area (Å²) in [5.74, 6) is -2.25. The molecule has 9 heteroatoms. The van der Waals surface area contributed by atoms with E-state index in [0.29, 0.717) is 17.1 Å². The molecule has 142 valence electrons. The molecule has 4 rings (SSSR count). The molecule has 2 heterocycles. The Hall–Kier alpha value is -3.20. The molecular formula is C19H13F2N3O3S. The second kappa shape index (κ2) is 7.08. The van der Waals surface area contributed by atoms with Gasteiger partial charge in [-0.3, -0.25) is 4.79 Å². The van der Waals surface area contributed by atoms with Gasteiger partial charge >= 0.3 is 5.97 Å². The van der Waals surface area contributed by atoms with Crippen LogP contribution in [0.4, 0.5) is 14.6 Å². The fourth-order valence-corrected chi connectivity index (χ4v) is 4.12. The minimum absolute atomic E-state index is 0.0914. The van der Waals surface area contributed by atoms with E-state index in [4.69, 9.17) is 5.11 Å². The Morgan fingerprint density at radius 3 is 2.61 bits per heavy atom. The highest BCUT2D eigenvalue weighted by Gasteiger charge is 2.30. The highest BCUT2D eigenvalue weighted by molar-refractivity contribution is 8.00. The number of aromatic nitrogens is 2. The number of hydrogen-bond acceptors (Lipinski definition) is 4. The molecule has 1 atom stereocenters. The van der Waals surface area contributed by atoms with Crippen LogP contribution in [-0.4, -0.2) is 32.5 Å². The molecule has 0 saturated carbocycles. The number of halogens is 2. The van der Waals surface area contributed by atoms with Gasteiger partial charge < -0.3 is 10.4 Å². The van der Waals surface area contributed by atoms with Gasteiger partial charge in [-0.25, -0.2) is 18.3 Å². The van der Waals surface area contributed by atoms with E-state index in [1.807, 2.05) is 0 Å². The summed E-state index contributed by atoms with van der Waals surface area (Å²) in [6.07, 6.45) is 1.52. The van der Waals surface area contributed by atoms with Crippen molar-refractivity contribution in [1.82, 2.24) is 9.78 Å². The molecule has 28 heavy (non-hydrogen) atoms. The second-order valence-corrected chi connectivity index (χ2v) is 7.21. The number of carbonyl (C=O) groups excluding carboxylic acids is 1. The van der Waals surface area contributed by atoms with Crippen LogP contribution in [0.3, 0.4) is 0 Å². The zero-order valence-electron chi connectivity index (χ0n) is 14.2. The van der Waals surface area contributed by atoms with Crippen LogP contribution in [0.25, 0.3) is 5.69 Å². The number of aromatic carboxylic acids is 1. The highest BCUT2D eigenvalue weighted by Crippen LogP contribution is 2.42. The number of benzene rings is 2. The zero-order chi connectivity index (χ0) is 19.8. The summed E-state index contributed by atoms with van der Waals surface area (Å²) in [7, 11) is 0. The molecule has 0 unspecified atom stereocenters. The first kappa shape index (κ1) is 18.2. The van der Waals surface area contributed by atoms with Gasteiger partial charge in [-0.1, -0.05) is 6.07 Å². The average Bonchev–Trinajstić information content (AvgIpc) is 2.99. The molecular weight excluding hydrogens is 388 g/mol. The largest absolute Gasteiger partial charge is 0.478 e. The van der Waals surface area contributed by atoms with Gasteiger partial charge in [0.2, 0.25) is 5.91 Å². The van der Waals surface area contributed by atoms with Crippen LogP contribution in [0.15, 0.2) is 48.7 Å². The van der Waals surface area contributed by atoms with Crippen LogP contribution in [0.5, 0.6) is 0 Å². The first-order chi connectivity index (χ1) is 13.4. The molecule has 1 aromatic heterocycles. The van der Waals surface area contributed by atoms with E-state index in [2.05, 4.69) is 10.4 Å². The Kier molecular flexibility index (Phi) is 4.60. The van der Waals surface area contributed by atoms with Crippen LogP contribution in [0.2, 0.25) is 0 Å². The topological polar surface area (TPSA) is 84.2 Å². The van der Waals surface area contributed by atoms with Crippen molar-refractivity contribution < 1.29 is 23.5 Å². The molecule has 0 bridgehead atoms. The van der Waals surface area contributed by atoms with Crippen molar-refractivity contribution in [2.45, 2.75) is 5.25 Å². The Balaban J connectivity index is 1.80. The van der Waals surface area contributed by atoms with Gasteiger partial charge in [-0.15, -0.1) is 11.8 Å². The maximum absolute atomic E-state index is 14.4. The van der Waals surface area contributed by atoms with Crippen molar-refractivity contribution in [3.63, 3.8) is 0 Å². The van der Waals surface area contributed by atoms with Crippen LogP contribution < -0.4 is 5.32 Å². The lowest BCUT2D eigenvalue weighted by Gasteiger charge is -2.15. The van der Waals surface area contributed by atoms with Gasteiger partial charge in [-0.05, 0) is 30.3 Å². The zero-order valence-corrected chi connectivity index (χ0v) is 15.0. The van der Waals surface area contributed by atoms with Gasteiger partial charge in [0.05, 0.1) is 28.5 Å². The summed E-state index contributed by atoms with van der Waals surface area (Å²) in [4.78, 5) is 23.2. The van der Waals surface area contributed by atoms with Crippen LogP contribution in [0.1, 0.15) is 26.7 Å². The van der Waals surface area contributed by atoms with Gasteiger partial charge in [0.1, 0.15) is 17.5 Å². The van der Waals surface area contributed by atoms with Crippen molar-refractivity contribution in [3.05, 3.63) is 77.0 Å². The van der Waals surface area contributed by atoms with Crippen LogP contribution in [0, 0.1) is 11.6 Å². The number of thioether (sulfide) groups is 1. The molecule has 2 N–H and O–H groups in total. The van der Waals surface area contributed by atoms with E-state index in [0.717, 1.165) is 6.07 Å². The molecule has 0 aliphatic carbocycles. The van der Waals surface area contributed by atoms with Crippen molar-refractivity contribution in [3.8, 4) is 5.69 Å². The summed E-state index contributed by atoms with van der Waals surface area (Å²) in [6, 6.07) is 9.33. The number of carbonyl (C=O) groups is 2. The highest BCUT2D eigenvalue weighted by atomic mass is 32.2. The third-order valence-corrected chi connectivity index (χ3v) is 5.59. The molecule has 3 aromatic rings. The van der Waals surface area contributed by atoms with Crippen molar-refractivity contribution in [2.75, 3.05) is 11.1 Å². The Bertz CT molecular complexity index is 1080. The van der Waals surface area contributed by atoms with Gasteiger partial charge in [0.25, 0.3) is 0 Å². The number of fused-ring (bicyclic) bond motifs is 1. The Morgan fingerprint density at radius 2 is 1.93 bits per heavy atom. The number of amides is 1. The monoisotopic (exact) mass is 401 g/mol. The predicted octanol–water partition coefficient (Wildman–Crippen LogP) is 3.62. The summed E-state index contributed by atoms with van der Waals surface area (Å²) in [5, 5.41) is 15.5. The van der Waals surface area contributed by atoms with E-state index in [-0.39, 0.29) is 22.8 Å². The van der Waals surface area contributed by atoms with E-state index in [9.17, 15) is 18.4 Å². The molecule has 1 amide bonds. The first-order valence-electron chi connectivity index (χ1n) is 8.22. The normalized spacial score (nSPS) is 16.2. The van der Waals surface area contributed by atoms with Gasteiger partial charge in [-0.2, -0.15) is 5.10 Å². The van der Waals surface area contributed by atoms with E-state index in [1.165, 1.54) is 46.9 Å². The average molecular weight is 401 g/mol. The van der Waals surface area contributed by atoms with Gasteiger partial charge in [0.15, 0.2) is 0 Å². The number of nitrogens with one attached hydrogen (secondary N) is 1. The van der Waals surface area contributed by atoms with Gasteiger partial charge in [0, 0.05) is 17.2 Å². The summed E-state index contributed by atoms with van der Waals surface area (Å²) in [6.45, 7) is 0. The number of anilines is 1. The SMILES string of the molecule is O=C1CS[C@@H](c2ccc(F)cc2F)c2cnn(-c3ccc(C(=O)O)cc3)c2N1. The molecule has 1 aliphatic rings. The number of carboxylic acids is 1. The predicted molar refractivity (Wildman–Crippen MR) is 99.8 cm³/mol. The number of rotatable bonds is 3. The maximum atomic E-state index is 14.4. The molecule has 0 spiro atoms. The van der Waals surface area contributed by atoms with Crippen LogP contribution in [-0.2, 0) is 4.79 Å². The molecule has 0 radical (unpaired) electrons. The minimum Gasteiger partial charge on any atom is -0.478 e. The lowest BCUT2D eigenvalue weighted by Crippen LogP contribution is -2.15. The molecule has 0 fully saturated rings. The fraction of sp³-hybridized carbons (Fsp3) is 0.105. The summed E-state index contributed by atoms with van der Waals surface area (Å²) in [5.41, 5.74) is 1.48. The Labute approximate surface area is 162 Å². The number of carboxylic acid groups (broad SMARTS) is 1. The van der Waals surface area contributed by atoms with E-state index in [1.54, 1.807) is 12.1 Å².